The number of Topliss-reactive ketones (excluding diaryl/α,β-unsaturated/α-hetero) is 2. The summed E-state index contributed by atoms with van der Waals surface area (Å²) in [6.45, 7) is 17.2. The maximum absolute atomic E-state index is 14.0. The van der Waals surface area contributed by atoms with Crippen molar-refractivity contribution in [2.24, 2.45) is 23.7 Å². The second-order valence-electron chi connectivity index (χ2n) is 13.5. The number of alkyl carbamates (subject to hydrolysis) is 1. The number of ether oxygens (including phenoxy) is 5. The minimum atomic E-state index is -1.36. The highest BCUT2D eigenvalue weighted by atomic mass is 16.7. The number of fused-ring (bicyclic) bond motifs is 1. The van der Waals surface area contributed by atoms with Gasteiger partial charge in [-0.1, -0.05) is 26.8 Å². The summed E-state index contributed by atoms with van der Waals surface area (Å²) in [4.78, 5) is 55.7. The summed E-state index contributed by atoms with van der Waals surface area (Å²) >= 11 is 0. The van der Waals surface area contributed by atoms with Gasteiger partial charge >= 0.3 is 12.1 Å². The molecule has 44 heavy (non-hydrogen) atoms. The maximum atomic E-state index is 14.0. The van der Waals surface area contributed by atoms with Gasteiger partial charge in [-0.15, -0.1) is 6.58 Å². The van der Waals surface area contributed by atoms with Gasteiger partial charge in [0.1, 0.15) is 23.9 Å². The number of carbonyl (C=O) groups excluding carboxylic acids is 4. The van der Waals surface area contributed by atoms with Gasteiger partial charge in [0.15, 0.2) is 17.7 Å². The minimum Gasteiger partial charge on any atom is -0.458 e. The van der Waals surface area contributed by atoms with Crippen LogP contribution in [0.3, 0.4) is 0 Å². The number of likely N-dealkylation sites (N-methyl/N-ethyl adjacent to an activating group) is 1. The number of hydrogen-bond acceptors (Lipinski definition) is 11. The SMILES string of the molecule is C=CCO[C@@]1(C)C[C@@H](C)C(=O)[C@H](C)[C@H]2NC(=O)O[C@]2(C)[C@@H](C)OC(=O)[C@H](C)C(=O)[C@H](C)[C@H]1O[C@@H]1O[C@H](C)C[C@H](N(C)C)[C@H]1O. The number of hydrogen-bond donors (Lipinski definition) is 2. The number of cyclic esters (lactones) is 1. The molecule has 250 valence electrons. The number of rotatable bonds is 6. The van der Waals surface area contributed by atoms with Crippen molar-refractivity contribution in [2.45, 2.75) is 122 Å². The van der Waals surface area contributed by atoms with E-state index in [4.69, 9.17) is 23.7 Å². The van der Waals surface area contributed by atoms with E-state index in [0.29, 0.717) is 6.42 Å². The van der Waals surface area contributed by atoms with Crippen molar-refractivity contribution in [3.8, 4) is 0 Å². The van der Waals surface area contributed by atoms with E-state index >= 15 is 0 Å². The monoisotopic (exact) mass is 624 g/mol. The molecule has 1 amide bonds. The van der Waals surface area contributed by atoms with Gasteiger partial charge in [0, 0.05) is 23.8 Å². The van der Waals surface area contributed by atoms with Crippen LogP contribution in [0.25, 0.3) is 0 Å². The van der Waals surface area contributed by atoms with E-state index in [1.807, 2.05) is 25.9 Å². The lowest BCUT2D eigenvalue weighted by atomic mass is 9.74. The van der Waals surface area contributed by atoms with Crippen LogP contribution in [0, 0.1) is 23.7 Å². The number of carbonyl (C=O) groups is 4. The molecule has 0 radical (unpaired) electrons. The summed E-state index contributed by atoms with van der Waals surface area (Å²) in [5, 5.41) is 14.0. The summed E-state index contributed by atoms with van der Waals surface area (Å²) in [6.07, 6.45) is -2.92. The van der Waals surface area contributed by atoms with Gasteiger partial charge in [0.25, 0.3) is 0 Å². The lowest BCUT2D eigenvalue weighted by Crippen LogP contribution is -2.60. The first-order valence-electron chi connectivity index (χ1n) is 15.6. The molecule has 0 saturated carbocycles. The molecule has 12 nitrogen and oxygen atoms in total. The molecule has 0 aromatic rings. The number of aliphatic hydroxyl groups excluding tert-OH is 1. The van der Waals surface area contributed by atoms with Crippen LogP contribution in [0.2, 0.25) is 0 Å². The van der Waals surface area contributed by atoms with Crippen molar-refractivity contribution in [1.82, 2.24) is 10.2 Å². The van der Waals surface area contributed by atoms with Gasteiger partial charge in [-0.2, -0.15) is 0 Å². The molecular formula is C32H52N2O10. The standard InChI is InChI=1S/C32H52N2O10/c1-12-13-40-31(8)15-16(2)23(35)18(4)26-32(9,44-30(39)33-26)21(7)42-28(38)20(6)24(36)19(5)27(31)43-29-25(37)22(34(10)11)14-17(3)41-29/h12,16-22,25-27,29,37H,1,13-15H2,2-11H3,(H,33,39)/t16-,17-,18+,19+,20-,21-,22+,25-,26-,27-,29+,31+,32-/m1/s1. The zero-order chi connectivity index (χ0) is 33.3. The molecule has 13 atom stereocenters. The van der Waals surface area contributed by atoms with Crippen molar-refractivity contribution < 1.29 is 48.0 Å². The second-order valence-corrected chi connectivity index (χ2v) is 13.5. The van der Waals surface area contributed by atoms with E-state index in [1.54, 1.807) is 47.6 Å². The predicted octanol–water partition coefficient (Wildman–Crippen LogP) is 2.64. The van der Waals surface area contributed by atoms with Crippen LogP contribution in [0.4, 0.5) is 4.79 Å². The molecule has 3 heterocycles. The largest absolute Gasteiger partial charge is 0.458 e. The van der Waals surface area contributed by atoms with Crippen molar-refractivity contribution in [3.63, 3.8) is 0 Å². The molecule has 0 aromatic carbocycles. The fourth-order valence-corrected chi connectivity index (χ4v) is 6.99. The summed E-state index contributed by atoms with van der Waals surface area (Å²) < 4.78 is 30.3. The Hall–Kier alpha value is -2.38. The number of nitrogens with zero attached hydrogens (tertiary/aromatic N) is 1. The molecule has 3 aliphatic heterocycles. The quantitative estimate of drug-likeness (QED) is 0.255. The van der Waals surface area contributed by atoms with Gasteiger partial charge < -0.3 is 39.0 Å². The van der Waals surface area contributed by atoms with Crippen LogP contribution >= 0.6 is 0 Å². The number of nitrogens with one attached hydrogen (secondary N) is 1. The Morgan fingerprint density at radius 3 is 2.27 bits per heavy atom. The first kappa shape index (κ1) is 36.1. The van der Waals surface area contributed by atoms with Crippen molar-refractivity contribution in [3.05, 3.63) is 12.7 Å². The Balaban J connectivity index is 2.12. The Kier molecular flexibility index (Phi) is 11.4. The Bertz CT molecular complexity index is 1100. The van der Waals surface area contributed by atoms with Crippen LogP contribution in [-0.2, 0) is 38.1 Å². The van der Waals surface area contributed by atoms with Gasteiger partial charge in [0.05, 0.1) is 30.5 Å². The third-order valence-corrected chi connectivity index (χ3v) is 9.82. The first-order valence-corrected chi connectivity index (χ1v) is 15.6. The van der Waals surface area contributed by atoms with E-state index in [9.17, 15) is 24.3 Å². The van der Waals surface area contributed by atoms with Gasteiger partial charge in [-0.3, -0.25) is 14.4 Å². The minimum absolute atomic E-state index is 0.0816. The second kappa shape index (κ2) is 13.9. The molecule has 2 N–H and O–H groups in total. The average Bonchev–Trinajstić information content (AvgIpc) is 3.28. The molecule has 3 saturated heterocycles. The Morgan fingerprint density at radius 2 is 1.68 bits per heavy atom. The van der Waals surface area contributed by atoms with Gasteiger partial charge in [-0.25, -0.2) is 4.79 Å². The zero-order valence-electron chi connectivity index (χ0n) is 27.8. The lowest BCUT2D eigenvalue weighted by molar-refractivity contribution is -0.296. The van der Waals surface area contributed by atoms with E-state index in [-0.39, 0.29) is 31.0 Å². The van der Waals surface area contributed by atoms with Crippen LogP contribution in [0.15, 0.2) is 12.7 Å². The number of amides is 1. The van der Waals surface area contributed by atoms with E-state index < -0.39 is 83.4 Å². The van der Waals surface area contributed by atoms with Gasteiger partial charge in [0.2, 0.25) is 0 Å². The molecule has 3 aliphatic rings. The fraction of sp³-hybridized carbons (Fsp3) is 0.812. The maximum Gasteiger partial charge on any atom is 0.408 e. The molecule has 0 spiro atoms. The first-order chi connectivity index (χ1) is 20.4. The van der Waals surface area contributed by atoms with Crippen molar-refractivity contribution in [1.29, 1.82) is 0 Å². The summed E-state index contributed by atoms with van der Waals surface area (Å²) in [6, 6.07) is -1.08. The molecule has 12 heteroatoms. The third kappa shape index (κ3) is 7.20. The van der Waals surface area contributed by atoms with E-state index in [0.717, 1.165) is 0 Å². The highest BCUT2D eigenvalue weighted by Crippen LogP contribution is 2.39. The Morgan fingerprint density at radius 1 is 1.05 bits per heavy atom. The molecule has 0 aliphatic carbocycles. The molecule has 0 aromatic heterocycles. The predicted molar refractivity (Wildman–Crippen MR) is 161 cm³/mol. The normalized spacial score (nSPS) is 44.3. The van der Waals surface area contributed by atoms with E-state index in [2.05, 4.69) is 11.9 Å². The smallest absolute Gasteiger partial charge is 0.408 e. The molecule has 0 bridgehead atoms. The summed E-state index contributed by atoms with van der Waals surface area (Å²) in [5.41, 5.74) is -2.64. The van der Waals surface area contributed by atoms with Crippen LogP contribution < -0.4 is 5.32 Å². The highest BCUT2D eigenvalue weighted by molar-refractivity contribution is 6.00. The lowest BCUT2D eigenvalue weighted by Gasteiger charge is -2.47. The van der Waals surface area contributed by atoms with Crippen molar-refractivity contribution in [2.75, 3.05) is 20.7 Å². The number of ketones is 2. The van der Waals surface area contributed by atoms with E-state index in [1.165, 1.54) is 6.92 Å². The van der Waals surface area contributed by atoms with Gasteiger partial charge in [-0.05, 0) is 61.6 Å². The van der Waals surface area contributed by atoms with Crippen LogP contribution in [0.1, 0.15) is 68.2 Å². The van der Waals surface area contributed by atoms with Crippen LogP contribution in [-0.4, -0.2) is 108 Å². The summed E-state index contributed by atoms with van der Waals surface area (Å²) in [7, 11) is 3.72. The molecular weight excluding hydrogens is 572 g/mol. The third-order valence-electron chi connectivity index (χ3n) is 9.82. The van der Waals surface area contributed by atoms with Crippen molar-refractivity contribution >= 4 is 23.6 Å². The van der Waals surface area contributed by atoms with Crippen LogP contribution in [0.5, 0.6) is 0 Å². The fourth-order valence-electron chi connectivity index (χ4n) is 6.99. The summed E-state index contributed by atoms with van der Waals surface area (Å²) in [5.74, 6) is -4.98. The molecule has 3 fully saturated rings. The Labute approximate surface area is 261 Å². The number of aliphatic hydroxyl groups is 1. The topological polar surface area (TPSA) is 150 Å². The zero-order valence-corrected chi connectivity index (χ0v) is 27.8. The molecule has 3 rings (SSSR count). The highest BCUT2D eigenvalue weighted by Gasteiger charge is 2.56. The number of esters is 1. The molecule has 0 unspecified atom stereocenters. The average molecular weight is 625 g/mol.